The van der Waals surface area contributed by atoms with Crippen LogP contribution in [-0.2, 0) is 6.61 Å². The fraction of sp³-hybridized carbons (Fsp3) is 0.154. The number of benzene rings is 1. The molecule has 0 saturated carbocycles. The third-order valence-corrected chi connectivity index (χ3v) is 2.54. The molecule has 2 aromatic rings. The number of aliphatic hydroxyl groups excluding tert-OH is 1. The number of methoxy groups -OCH3 is 1. The number of pyridine rings is 1. The predicted octanol–water partition coefficient (Wildman–Crippen LogP) is 2.53. The van der Waals surface area contributed by atoms with Crippen molar-refractivity contribution >= 4 is 0 Å². The summed E-state index contributed by atoms with van der Waals surface area (Å²) in [6.45, 7) is -0.239. The summed E-state index contributed by atoms with van der Waals surface area (Å²) in [6.07, 6.45) is 0.971. The minimum atomic E-state index is -0.648. The van der Waals surface area contributed by atoms with Gasteiger partial charge in [0.2, 0.25) is 5.88 Å². The molecule has 0 fully saturated rings. The fourth-order valence-corrected chi connectivity index (χ4v) is 1.61. The molecular weight excluding hydrogens is 240 g/mol. The van der Waals surface area contributed by atoms with E-state index in [4.69, 9.17) is 9.84 Å². The maximum Gasteiger partial charge on any atom is 0.213 e. The minimum absolute atomic E-state index is 0.0506. The highest BCUT2D eigenvalue weighted by Gasteiger charge is 2.12. The summed E-state index contributed by atoms with van der Waals surface area (Å²) in [4.78, 5) is 3.69. The highest BCUT2D eigenvalue weighted by molar-refractivity contribution is 5.66. The Morgan fingerprint density at radius 3 is 2.56 bits per heavy atom. The highest BCUT2D eigenvalue weighted by Crippen LogP contribution is 2.28. The van der Waals surface area contributed by atoms with E-state index in [9.17, 15) is 8.78 Å². The fourth-order valence-electron chi connectivity index (χ4n) is 1.61. The molecule has 1 aromatic heterocycles. The molecule has 0 saturated heterocycles. The van der Waals surface area contributed by atoms with Gasteiger partial charge in [-0.25, -0.2) is 13.8 Å². The first-order valence-electron chi connectivity index (χ1n) is 5.25. The van der Waals surface area contributed by atoms with Crippen LogP contribution in [0.1, 0.15) is 5.56 Å². The van der Waals surface area contributed by atoms with Crippen molar-refractivity contribution in [3.05, 3.63) is 47.7 Å². The molecule has 5 heteroatoms. The molecule has 0 radical (unpaired) electrons. The molecule has 94 valence electrons. The van der Waals surface area contributed by atoms with E-state index in [2.05, 4.69) is 4.98 Å². The van der Waals surface area contributed by atoms with Gasteiger partial charge in [-0.3, -0.25) is 0 Å². The van der Waals surface area contributed by atoms with Crippen LogP contribution in [-0.4, -0.2) is 17.2 Å². The Morgan fingerprint density at radius 2 is 1.89 bits per heavy atom. The number of hydrogen-bond acceptors (Lipinski definition) is 3. The van der Waals surface area contributed by atoms with Gasteiger partial charge in [0.1, 0.15) is 11.6 Å². The molecule has 0 aliphatic heterocycles. The van der Waals surface area contributed by atoms with Gasteiger partial charge in [0.25, 0.3) is 0 Å². The number of hydrogen-bond donors (Lipinski definition) is 1. The van der Waals surface area contributed by atoms with Gasteiger partial charge in [-0.05, 0) is 17.7 Å². The first kappa shape index (κ1) is 12.4. The van der Waals surface area contributed by atoms with Crippen molar-refractivity contribution in [2.45, 2.75) is 6.61 Å². The second kappa shape index (κ2) is 5.10. The monoisotopic (exact) mass is 251 g/mol. The summed E-state index contributed by atoms with van der Waals surface area (Å²) < 4.78 is 32.2. The van der Waals surface area contributed by atoms with Gasteiger partial charge in [0.15, 0.2) is 0 Å². The molecule has 0 spiro atoms. The van der Waals surface area contributed by atoms with Crippen molar-refractivity contribution in [2.24, 2.45) is 0 Å². The van der Waals surface area contributed by atoms with Crippen LogP contribution in [0.3, 0.4) is 0 Å². The van der Waals surface area contributed by atoms with Crippen LogP contribution in [0.4, 0.5) is 8.78 Å². The summed E-state index contributed by atoms with van der Waals surface area (Å²) in [5.74, 6) is -1.02. The van der Waals surface area contributed by atoms with Crippen LogP contribution in [0.25, 0.3) is 11.1 Å². The first-order valence-corrected chi connectivity index (χ1v) is 5.25. The number of ether oxygens (including phenoxy) is 1. The Labute approximate surface area is 103 Å². The minimum Gasteiger partial charge on any atom is -0.481 e. The smallest absolute Gasteiger partial charge is 0.213 e. The van der Waals surface area contributed by atoms with Gasteiger partial charge < -0.3 is 9.84 Å². The number of nitrogens with zero attached hydrogens (tertiary/aromatic N) is 1. The summed E-state index contributed by atoms with van der Waals surface area (Å²) in [6, 6.07) is 5.34. The van der Waals surface area contributed by atoms with Crippen molar-refractivity contribution < 1.29 is 18.6 Å². The quantitative estimate of drug-likeness (QED) is 0.911. The number of aliphatic hydroxyl groups is 1. The lowest BCUT2D eigenvalue weighted by atomic mass is 10.0. The molecule has 0 amide bonds. The van der Waals surface area contributed by atoms with Gasteiger partial charge >= 0.3 is 0 Å². The molecule has 0 bridgehead atoms. The van der Waals surface area contributed by atoms with Crippen molar-refractivity contribution in [1.29, 1.82) is 0 Å². The molecule has 0 aliphatic rings. The lowest BCUT2D eigenvalue weighted by Crippen LogP contribution is -1.95. The van der Waals surface area contributed by atoms with E-state index < -0.39 is 11.6 Å². The van der Waals surface area contributed by atoms with E-state index in [1.54, 1.807) is 0 Å². The lowest BCUT2D eigenvalue weighted by molar-refractivity contribution is 0.282. The average molecular weight is 251 g/mol. The van der Waals surface area contributed by atoms with E-state index in [0.29, 0.717) is 5.56 Å². The topological polar surface area (TPSA) is 42.4 Å². The lowest BCUT2D eigenvalue weighted by Gasteiger charge is -2.08. The zero-order chi connectivity index (χ0) is 13.1. The van der Waals surface area contributed by atoms with Crippen LogP contribution in [0, 0.1) is 11.6 Å². The molecule has 0 unspecified atom stereocenters. The molecule has 18 heavy (non-hydrogen) atoms. The zero-order valence-corrected chi connectivity index (χ0v) is 9.65. The SMILES string of the molecule is COc1cc(-c2cc(CO)ccc2F)c(F)cn1. The Morgan fingerprint density at radius 1 is 1.17 bits per heavy atom. The Balaban J connectivity index is 2.60. The standard InChI is InChI=1S/C13H11F2NO2/c1-18-13-5-10(12(15)6-16-13)9-4-8(7-17)2-3-11(9)14/h2-6,17H,7H2,1H3. The van der Waals surface area contributed by atoms with Gasteiger partial charge in [-0.1, -0.05) is 6.07 Å². The van der Waals surface area contributed by atoms with Crippen molar-refractivity contribution in [3.63, 3.8) is 0 Å². The normalized spacial score (nSPS) is 10.4. The van der Waals surface area contributed by atoms with E-state index in [1.165, 1.54) is 31.4 Å². The Bertz CT molecular complexity index is 521. The van der Waals surface area contributed by atoms with Gasteiger partial charge in [-0.2, -0.15) is 0 Å². The van der Waals surface area contributed by atoms with Crippen molar-refractivity contribution in [1.82, 2.24) is 4.98 Å². The Kier molecular flexibility index (Phi) is 3.53. The second-order valence-corrected chi connectivity index (χ2v) is 3.68. The van der Waals surface area contributed by atoms with Crippen LogP contribution >= 0.6 is 0 Å². The van der Waals surface area contributed by atoms with Crippen LogP contribution < -0.4 is 4.74 Å². The third kappa shape index (κ3) is 2.31. The summed E-state index contributed by atoms with van der Waals surface area (Å²) in [5.41, 5.74) is 0.621. The van der Waals surface area contributed by atoms with Gasteiger partial charge in [0.05, 0.1) is 19.9 Å². The van der Waals surface area contributed by atoms with Crippen LogP contribution in [0.5, 0.6) is 5.88 Å². The van der Waals surface area contributed by atoms with Crippen molar-refractivity contribution in [3.8, 4) is 17.0 Å². The van der Waals surface area contributed by atoms with E-state index in [0.717, 1.165) is 6.20 Å². The molecule has 2 rings (SSSR count). The first-order chi connectivity index (χ1) is 8.65. The number of halogens is 2. The summed E-state index contributed by atoms with van der Waals surface area (Å²) >= 11 is 0. The van der Waals surface area contributed by atoms with Gasteiger partial charge in [0, 0.05) is 17.2 Å². The average Bonchev–Trinajstić information content (AvgIpc) is 2.40. The predicted molar refractivity (Wildman–Crippen MR) is 62.1 cm³/mol. The summed E-state index contributed by atoms with van der Waals surface area (Å²) in [5, 5.41) is 9.02. The molecule has 0 aliphatic carbocycles. The maximum atomic E-state index is 13.7. The molecule has 0 atom stereocenters. The Hall–Kier alpha value is -2.01. The maximum absolute atomic E-state index is 13.7. The molecular formula is C13H11F2NO2. The second-order valence-electron chi connectivity index (χ2n) is 3.68. The third-order valence-electron chi connectivity index (χ3n) is 2.54. The van der Waals surface area contributed by atoms with E-state index in [1.807, 2.05) is 0 Å². The summed E-state index contributed by atoms with van der Waals surface area (Å²) in [7, 11) is 1.39. The molecule has 3 nitrogen and oxygen atoms in total. The number of rotatable bonds is 3. The molecule has 1 aromatic carbocycles. The largest absolute Gasteiger partial charge is 0.481 e. The molecule has 1 N–H and O–H groups in total. The van der Waals surface area contributed by atoms with Crippen molar-refractivity contribution in [2.75, 3.05) is 7.11 Å². The number of aromatic nitrogens is 1. The highest BCUT2D eigenvalue weighted by atomic mass is 19.1. The zero-order valence-electron chi connectivity index (χ0n) is 9.65. The van der Waals surface area contributed by atoms with Crippen LogP contribution in [0.15, 0.2) is 30.5 Å². The van der Waals surface area contributed by atoms with Gasteiger partial charge in [-0.15, -0.1) is 0 Å². The van der Waals surface area contributed by atoms with Crippen LogP contribution in [0.2, 0.25) is 0 Å². The van der Waals surface area contributed by atoms with E-state index >= 15 is 0 Å². The molecule has 1 heterocycles. The van der Waals surface area contributed by atoms with E-state index in [-0.39, 0.29) is 23.6 Å².